The van der Waals surface area contributed by atoms with Crippen molar-refractivity contribution in [2.24, 2.45) is 0 Å². The Morgan fingerprint density at radius 2 is 1.62 bits per heavy atom. The molecule has 2 amide bonds. The molecule has 0 saturated heterocycles. The first-order chi connectivity index (χ1) is 16.4. The number of urea groups is 1. The lowest BCUT2D eigenvalue weighted by molar-refractivity contribution is 0.258. The zero-order valence-electron chi connectivity index (χ0n) is 18.0. The van der Waals surface area contributed by atoms with Crippen LogP contribution in [0.4, 0.5) is 41.1 Å². The number of halogens is 3. The molecule has 4 aromatic rings. The third-order valence-corrected chi connectivity index (χ3v) is 4.98. The van der Waals surface area contributed by atoms with Gasteiger partial charge in [0, 0.05) is 12.3 Å². The first-order valence-electron chi connectivity index (χ1n) is 10.4. The van der Waals surface area contributed by atoms with Gasteiger partial charge in [-0.15, -0.1) is 0 Å². The molecule has 0 saturated carbocycles. The van der Waals surface area contributed by atoms with E-state index in [0.717, 1.165) is 28.7 Å². The number of carbonyl (C=O) groups excluding carboxylic acids is 1. The van der Waals surface area contributed by atoms with E-state index in [1.165, 1.54) is 36.5 Å². The standard InChI is InChI=1S/C25H20F3N5O/c1-16(17-7-3-2-4-8-17)30-24-29-14-13-22(31-24)33(19-10-5-9-18(26)15-19)25(34)32-23-20(27)11-6-12-21(23)28/h2-16H,1H3,(H,32,34)(H,29,30,31)/t16-/m0/s1. The van der Waals surface area contributed by atoms with Crippen molar-refractivity contribution in [1.29, 1.82) is 0 Å². The maximum Gasteiger partial charge on any atom is 0.332 e. The Hall–Kier alpha value is -4.40. The Labute approximate surface area is 194 Å². The molecule has 1 aromatic heterocycles. The van der Waals surface area contributed by atoms with Crippen molar-refractivity contribution in [3.63, 3.8) is 0 Å². The number of aromatic nitrogens is 2. The average Bonchev–Trinajstić information content (AvgIpc) is 2.83. The van der Waals surface area contributed by atoms with Crippen LogP contribution in [0.25, 0.3) is 0 Å². The quantitative estimate of drug-likeness (QED) is 0.345. The molecule has 1 atom stereocenters. The van der Waals surface area contributed by atoms with E-state index in [-0.39, 0.29) is 23.5 Å². The van der Waals surface area contributed by atoms with Crippen LogP contribution in [-0.2, 0) is 0 Å². The van der Waals surface area contributed by atoms with Gasteiger partial charge >= 0.3 is 6.03 Å². The van der Waals surface area contributed by atoms with E-state index >= 15 is 0 Å². The summed E-state index contributed by atoms with van der Waals surface area (Å²) < 4.78 is 42.3. The van der Waals surface area contributed by atoms with Gasteiger partial charge in [0.2, 0.25) is 5.95 Å². The van der Waals surface area contributed by atoms with Crippen molar-refractivity contribution in [2.75, 3.05) is 15.5 Å². The van der Waals surface area contributed by atoms with Crippen molar-refractivity contribution in [2.45, 2.75) is 13.0 Å². The van der Waals surface area contributed by atoms with Crippen LogP contribution in [0, 0.1) is 17.5 Å². The van der Waals surface area contributed by atoms with E-state index in [1.54, 1.807) is 0 Å². The van der Waals surface area contributed by atoms with E-state index in [1.807, 2.05) is 37.3 Å². The van der Waals surface area contributed by atoms with Gasteiger partial charge < -0.3 is 10.6 Å². The molecule has 172 valence electrons. The monoisotopic (exact) mass is 463 g/mol. The summed E-state index contributed by atoms with van der Waals surface area (Å²) >= 11 is 0. The van der Waals surface area contributed by atoms with Crippen molar-refractivity contribution in [3.8, 4) is 0 Å². The normalized spacial score (nSPS) is 11.5. The highest BCUT2D eigenvalue weighted by molar-refractivity contribution is 6.06. The smallest absolute Gasteiger partial charge is 0.332 e. The maximum atomic E-state index is 14.1. The molecule has 0 aliphatic rings. The number of hydrogen-bond donors (Lipinski definition) is 2. The Balaban J connectivity index is 1.68. The van der Waals surface area contributed by atoms with Crippen molar-refractivity contribution < 1.29 is 18.0 Å². The van der Waals surface area contributed by atoms with E-state index in [9.17, 15) is 18.0 Å². The molecule has 3 aromatic carbocycles. The Kier molecular flexibility index (Phi) is 6.72. The van der Waals surface area contributed by atoms with Gasteiger partial charge in [0.15, 0.2) is 0 Å². The topological polar surface area (TPSA) is 70.2 Å². The minimum Gasteiger partial charge on any atom is -0.348 e. The summed E-state index contributed by atoms with van der Waals surface area (Å²) in [7, 11) is 0. The second-order valence-electron chi connectivity index (χ2n) is 7.36. The number of rotatable bonds is 6. The summed E-state index contributed by atoms with van der Waals surface area (Å²) in [6, 6.07) is 18.4. The fraction of sp³-hybridized carbons (Fsp3) is 0.0800. The third-order valence-electron chi connectivity index (χ3n) is 4.98. The zero-order chi connectivity index (χ0) is 24.1. The summed E-state index contributed by atoms with van der Waals surface area (Å²) in [5.41, 5.74) is 0.472. The summed E-state index contributed by atoms with van der Waals surface area (Å²) in [6.07, 6.45) is 1.42. The minimum absolute atomic E-state index is 0.0672. The lowest BCUT2D eigenvalue weighted by Crippen LogP contribution is -2.32. The molecule has 6 nitrogen and oxygen atoms in total. The van der Waals surface area contributed by atoms with Crippen LogP contribution in [0.15, 0.2) is 85.1 Å². The Morgan fingerprint density at radius 3 is 2.32 bits per heavy atom. The molecular formula is C25H20F3N5O. The Morgan fingerprint density at radius 1 is 0.912 bits per heavy atom. The molecule has 9 heteroatoms. The first-order valence-corrected chi connectivity index (χ1v) is 10.4. The van der Waals surface area contributed by atoms with Crippen LogP contribution in [0.2, 0.25) is 0 Å². The van der Waals surface area contributed by atoms with E-state index < -0.39 is 29.2 Å². The molecule has 0 fully saturated rings. The molecule has 34 heavy (non-hydrogen) atoms. The SMILES string of the molecule is C[C@H](Nc1nccc(N(C(=O)Nc2c(F)cccc2F)c2cccc(F)c2)n1)c1ccccc1. The number of amides is 2. The van der Waals surface area contributed by atoms with Gasteiger partial charge in [-0.3, -0.25) is 0 Å². The molecule has 0 spiro atoms. The van der Waals surface area contributed by atoms with Crippen LogP contribution in [0.1, 0.15) is 18.5 Å². The zero-order valence-corrected chi connectivity index (χ0v) is 18.0. The third kappa shape index (κ3) is 5.15. The molecule has 0 bridgehead atoms. The number of anilines is 4. The molecule has 4 rings (SSSR count). The van der Waals surface area contributed by atoms with Crippen molar-refractivity contribution in [3.05, 3.63) is 108 Å². The molecule has 2 N–H and O–H groups in total. The fourth-order valence-corrected chi connectivity index (χ4v) is 3.31. The number of hydrogen-bond acceptors (Lipinski definition) is 4. The second kappa shape index (κ2) is 10.0. The predicted molar refractivity (Wildman–Crippen MR) is 124 cm³/mol. The largest absolute Gasteiger partial charge is 0.348 e. The molecule has 0 radical (unpaired) electrons. The van der Waals surface area contributed by atoms with E-state index in [4.69, 9.17) is 0 Å². The highest BCUT2D eigenvalue weighted by Crippen LogP contribution is 2.28. The molecule has 0 aliphatic carbocycles. The first kappa shape index (κ1) is 22.8. The van der Waals surface area contributed by atoms with Crippen molar-refractivity contribution >= 4 is 29.2 Å². The van der Waals surface area contributed by atoms with E-state index in [0.29, 0.717) is 0 Å². The highest BCUT2D eigenvalue weighted by Gasteiger charge is 2.23. The molecule has 0 unspecified atom stereocenters. The van der Waals surface area contributed by atoms with Gasteiger partial charge in [0.05, 0.1) is 11.7 Å². The lowest BCUT2D eigenvalue weighted by atomic mass is 10.1. The fourth-order valence-electron chi connectivity index (χ4n) is 3.31. The number of carbonyl (C=O) groups is 1. The minimum atomic E-state index is -0.950. The van der Waals surface area contributed by atoms with E-state index in [2.05, 4.69) is 20.6 Å². The number of nitrogens with zero attached hydrogens (tertiary/aromatic N) is 3. The van der Waals surface area contributed by atoms with Gasteiger partial charge in [-0.2, -0.15) is 4.98 Å². The predicted octanol–water partition coefficient (Wildman–Crippen LogP) is 6.44. The Bertz CT molecular complexity index is 1280. The van der Waals surface area contributed by atoms with Crippen LogP contribution < -0.4 is 15.5 Å². The summed E-state index contributed by atoms with van der Waals surface area (Å²) in [6.45, 7) is 1.92. The van der Waals surface area contributed by atoms with Gasteiger partial charge in [-0.25, -0.2) is 27.8 Å². The second-order valence-corrected chi connectivity index (χ2v) is 7.36. The number of nitrogens with one attached hydrogen (secondary N) is 2. The highest BCUT2D eigenvalue weighted by atomic mass is 19.1. The van der Waals surface area contributed by atoms with Crippen LogP contribution in [-0.4, -0.2) is 16.0 Å². The summed E-state index contributed by atoms with van der Waals surface area (Å²) in [4.78, 5) is 22.8. The van der Waals surface area contributed by atoms with Crippen LogP contribution >= 0.6 is 0 Å². The van der Waals surface area contributed by atoms with Gasteiger partial charge in [-0.05, 0) is 42.8 Å². The van der Waals surface area contributed by atoms with Crippen molar-refractivity contribution in [1.82, 2.24) is 9.97 Å². The lowest BCUT2D eigenvalue weighted by Gasteiger charge is -2.23. The molecule has 0 aliphatic heterocycles. The molecular weight excluding hydrogens is 443 g/mol. The number of para-hydroxylation sites is 1. The summed E-state index contributed by atoms with van der Waals surface area (Å²) in [5, 5.41) is 5.36. The summed E-state index contributed by atoms with van der Waals surface area (Å²) in [5.74, 6) is -2.22. The van der Waals surface area contributed by atoms with Crippen LogP contribution in [0.5, 0.6) is 0 Å². The molecule has 1 heterocycles. The van der Waals surface area contributed by atoms with Gasteiger partial charge in [-0.1, -0.05) is 42.5 Å². The average molecular weight is 463 g/mol. The van der Waals surface area contributed by atoms with Crippen LogP contribution in [0.3, 0.4) is 0 Å². The number of benzene rings is 3. The maximum absolute atomic E-state index is 14.1. The van der Waals surface area contributed by atoms with Gasteiger partial charge in [0.25, 0.3) is 0 Å². The van der Waals surface area contributed by atoms with Gasteiger partial charge in [0.1, 0.15) is 29.0 Å².